The molecule has 7 nitrogen and oxygen atoms in total. The molecule has 0 amide bonds. The summed E-state index contributed by atoms with van der Waals surface area (Å²) in [6.45, 7) is 4.85. The van der Waals surface area contributed by atoms with Gasteiger partial charge in [0.1, 0.15) is 0 Å². The van der Waals surface area contributed by atoms with Gasteiger partial charge in [0.05, 0.1) is 27.9 Å². The lowest BCUT2D eigenvalue weighted by atomic mass is 10.2. The van der Waals surface area contributed by atoms with Gasteiger partial charge in [0.15, 0.2) is 17.5 Å². The Balaban J connectivity index is 2.84. The highest BCUT2D eigenvalue weighted by atomic mass is 16.5. The lowest BCUT2D eigenvalue weighted by Gasteiger charge is -2.14. The summed E-state index contributed by atoms with van der Waals surface area (Å²) in [7, 11) is 6.49. The van der Waals surface area contributed by atoms with Crippen LogP contribution in [0.2, 0.25) is 0 Å². The molecule has 0 aliphatic rings. The maximum Gasteiger partial charge on any atom is 0.203 e. The number of nitrogens with zero attached hydrogens (tertiary/aromatic N) is 1. The Bertz CT molecular complexity index is 496. The largest absolute Gasteiger partial charge is 0.493 e. The average Bonchev–Trinajstić information content (AvgIpc) is 2.61. The molecule has 0 saturated heterocycles. The third-order valence-electron chi connectivity index (χ3n) is 3.31. The van der Waals surface area contributed by atoms with Crippen molar-refractivity contribution in [3.05, 3.63) is 17.7 Å². The predicted octanol–water partition coefficient (Wildman–Crippen LogP) is 1.80. The van der Waals surface area contributed by atoms with E-state index in [4.69, 9.17) is 18.9 Å². The van der Waals surface area contributed by atoms with E-state index in [2.05, 4.69) is 15.6 Å². The zero-order valence-corrected chi connectivity index (χ0v) is 15.3. The van der Waals surface area contributed by atoms with Crippen LogP contribution in [0.5, 0.6) is 17.2 Å². The predicted molar refractivity (Wildman–Crippen MR) is 95.4 cm³/mol. The Morgan fingerprint density at radius 2 is 1.67 bits per heavy atom. The monoisotopic (exact) mass is 339 g/mol. The van der Waals surface area contributed by atoms with E-state index in [1.807, 2.05) is 19.1 Å². The molecule has 24 heavy (non-hydrogen) atoms. The van der Waals surface area contributed by atoms with Crippen molar-refractivity contribution in [1.29, 1.82) is 0 Å². The number of ether oxygens (including phenoxy) is 4. The summed E-state index contributed by atoms with van der Waals surface area (Å²) in [6.07, 6.45) is 0.922. The summed E-state index contributed by atoms with van der Waals surface area (Å²) in [5.74, 6) is 2.60. The van der Waals surface area contributed by atoms with Crippen molar-refractivity contribution in [2.45, 2.75) is 19.9 Å². The smallest absolute Gasteiger partial charge is 0.203 e. The van der Waals surface area contributed by atoms with Gasteiger partial charge in [0, 0.05) is 26.8 Å². The summed E-state index contributed by atoms with van der Waals surface area (Å²) in [5, 5.41) is 6.50. The van der Waals surface area contributed by atoms with Crippen molar-refractivity contribution < 1.29 is 18.9 Å². The van der Waals surface area contributed by atoms with Gasteiger partial charge in [-0.1, -0.05) is 0 Å². The standard InChI is InChI=1S/C17H29N3O4/c1-6-18-17(19-8-7-9-21-2)20-12-13-10-14(22-3)16(24-5)15(11-13)23-4/h10-11H,6-9,12H2,1-5H3,(H2,18,19,20). The Hall–Kier alpha value is -2.15. The molecule has 0 aliphatic heterocycles. The zero-order chi connectivity index (χ0) is 17.8. The SMILES string of the molecule is CCNC(=NCc1cc(OC)c(OC)c(OC)c1)NCCCOC. The van der Waals surface area contributed by atoms with Gasteiger partial charge in [-0.3, -0.25) is 0 Å². The lowest BCUT2D eigenvalue weighted by molar-refractivity contribution is 0.195. The molecule has 0 fully saturated rings. The zero-order valence-electron chi connectivity index (χ0n) is 15.3. The topological polar surface area (TPSA) is 73.3 Å². The van der Waals surface area contributed by atoms with Gasteiger partial charge in [-0.05, 0) is 31.0 Å². The van der Waals surface area contributed by atoms with Crippen LogP contribution in [-0.4, -0.2) is 54.1 Å². The van der Waals surface area contributed by atoms with Gasteiger partial charge in [-0.15, -0.1) is 0 Å². The van der Waals surface area contributed by atoms with Crippen LogP contribution in [0, 0.1) is 0 Å². The minimum atomic E-state index is 0.496. The minimum Gasteiger partial charge on any atom is -0.493 e. The molecule has 0 unspecified atom stereocenters. The highest BCUT2D eigenvalue weighted by Crippen LogP contribution is 2.38. The van der Waals surface area contributed by atoms with Crippen LogP contribution in [0.1, 0.15) is 18.9 Å². The van der Waals surface area contributed by atoms with Crippen LogP contribution in [0.4, 0.5) is 0 Å². The summed E-state index contributed by atoms with van der Waals surface area (Å²) < 4.78 is 21.1. The van der Waals surface area contributed by atoms with Gasteiger partial charge in [-0.2, -0.15) is 0 Å². The molecule has 1 aromatic rings. The second kappa shape index (κ2) is 11.4. The van der Waals surface area contributed by atoms with Crippen LogP contribution < -0.4 is 24.8 Å². The Morgan fingerprint density at radius 1 is 1.00 bits per heavy atom. The van der Waals surface area contributed by atoms with Gasteiger partial charge in [0.2, 0.25) is 5.75 Å². The molecule has 7 heteroatoms. The maximum atomic E-state index is 5.37. The number of nitrogens with one attached hydrogen (secondary N) is 2. The Labute approximate surface area is 144 Å². The average molecular weight is 339 g/mol. The molecule has 136 valence electrons. The van der Waals surface area contributed by atoms with Gasteiger partial charge in [0.25, 0.3) is 0 Å². The molecule has 0 heterocycles. The quantitative estimate of drug-likeness (QED) is 0.385. The molecule has 0 radical (unpaired) electrons. The van der Waals surface area contributed by atoms with Gasteiger partial charge in [-0.25, -0.2) is 4.99 Å². The molecule has 0 aliphatic carbocycles. The maximum absolute atomic E-state index is 5.37. The Kier molecular flexibility index (Phi) is 9.45. The van der Waals surface area contributed by atoms with E-state index < -0.39 is 0 Å². The molecule has 0 spiro atoms. The van der Waals surface area contributed by atoms with E-state index in [1.54, 1.807) is 28.4 Å². The first-order valence-corrected chi connectivity index (χ1v) is 8.00. The molecular weight excluding hydrogens is 310 g/mol. The molecular formula is C17H29N3O4. The van der Waals surface area contributed by atoms with Crippen molar-refractivity contribution in [3.8, 4) is 17.2 Å². The fourth-order valence-electron chi connectivity index (χ4n) is 2.16. The molecule has 0 aromatic heterocycles. The fourth-order valence-corrected chi connectivity index (χ4v) is 2.16. The molecule has 2 N–H and O–H groups in total. The minimum absolute atomic E-state index is 0.496. The third kappa shape index (κ3) is 6.16. The second-order valence-corrected chi connectivity index (χ2v) is 5.00. The summed E-state index contributed by atoms with van der Waals surface area (Å²) >= 11 is 0. The number of hydrogen-bond acceptors (Lipinski definition) is 5. The summed E-state index contributed by atoms with van der Waals surface area (Å²) in [5.41, 5.74) is 0.971. The van der Waals surface area contributed by atoms with Crippen LogP contribution in [0.15, 0.2) is 17.1 Å². The first kappa shape index (κ1) is 19.9. The number of guanidine groups is 1. The van der Waals surface area contributed by atoms with E-state index in [0.29, 0.717) is 23.8 Å². The molecule has 0 atom stereocenters. The molecule has 1 rings (SSSR count). The Morgan fingerprint density at radius 3 is 2.17 bits per heavy atom. The normalized spacial score (nSPS) is 11.1. The highest BCUT2D eigenvalue weighted by molar-refractivity contribution is 5.79. The third-order valence-corrected chi connectivity index (χ3v) is 3.31. The van der Waals surface area contributed by atoms with Gasteiger partial charge >= 0.3 is 0 Å². The van der Waals surface area contributed by atoms with Crippen LogP contribution >= 0.6 is 0 Å². The number of rotatable bonds is 10. The second-order valence-electron chi connectivity index (χ2n) is 5.00. The number of hydrogen-bond donors (Lipinski definition) is 2. The fraction of sp³-hybridized carbons (Fsp3) is 0.588. The molecule has 1 aromatic carbocycles. The van der Waals surface area contributed by atoms with Crippen molar-refractivity contribution in [2.75, 3.05) is 48.1 Å². The van der Waals surface area contributed by atoms with E-state index in [1.165, 1.54) is 0 Å². The summed E-state index contributed by atoms with van der Waals surface area (Å²) in [4.78, 5) is 4.59. The van der Waals surface area contributed by atoms with Crippen molar-refractivity contribution in [2.24, 2.45) is 4.99 Å². The number of aliphatic imine (C=N–C) groups is 1. The van der Waals surface area contributed by atoms with Crippen LogP contribution in [0.25, 0.3) is 0 Å². The van der Waals surface area contributed by atoms with Crippen LogP contribution in [-0.2, 0) is 11.3 Å². The van der Waals surface area contributed by atoms with Gasteiger partial charge < -0.3 is 29.6 Å². The highest BCUT2D eigenvalue weighted by Gasteiger charge is 2.13. The molecule has 0 saturated carbocycles. The van der Waals surface area contributed by atoms with E-state index in [0.717, 1.165) is 37.6 Å². The number of methoxy groups -OCH3 is 4. The van der Waals surface area contributed by atoms with Crippen molar-refractivity contribution in [3.63, 3.8) is 0 Å². The first-order chi connectivity index (χ1) is 11.7. The van der Waals surface area contributed by atoms with Crippen molar-refractivity contribution in [1.82, 2.24) is 10.6 Å². The number of benzene rings is 1. The van der Waals surface area contributed by atoms with E-state index in [9.17, 15) is 0 Å². The molecule has 0 bridgehead atoms. The summed E-state index contributed by atoms with van der Waals surface area (Å²) in [6, 6.07) is 3.80. The lowest BCUT2D eigenvalue weighted by Crippen LogP contribution is -2.38. The van der Waals surface area contributed by atoms with E-state index in [-0.39, 0.29) is 0 Å². The van der Waals surface area contributed by atoms with Crippen molar-refractivity contribution >= 4 is 5.96 Å². The van der Waals surface area contributed by atoms with Crippen LogP contribution in [0.3, 0.4) is 0 Å². The van der Waals surface area contributed by atoms with E-state index >= 15 is 0 Å². The first-order valence-electron chi connectivity index (χ1n) is 8.00.